The Hall–Kier alpha value is -2.95. The number of nitro groups is 1. The molecule has 1 aromatic heterocycles. The van der Waals surface area contributed by atoms with Gasteiger partial charge in [-0.15, -0.1) is 0 Å². The van der Waals surface area contributed by atoms with Gasteiger partial charge in [-0.05, 0) is 12.1 Å². The highest BCUT2D eigenvalue weighted by molar-refractivity contribution is 5.89. The average Bonchev–Trinajstić information content (AvgIpc) is 2.86. The summed E-state index contributed by atoms with van der Waals surface area (Å²) in [7, 11) is 0. The number of para-hydroxylation sites is 1. The van der Waals surface area contributed by atoms with Crippen molar-refractivity contribution in [1.29, 1.82) is 0 Å². The van der Waals surface area contributed by atoms with Crippen LogP contribution in [0.2, 0.25) is 0 Å². The van der Waals surface area contributed by atoms with Gasteiger partial charge in [0.2, 0.25) is 6.20 Å². The molecular formula is C17H13FN2O2. The van der Waals surface area contributed by atoms with Crippen LogP contribution in [0.4, 0.5) is 4.39 Å². The third kappa shape index (κ3) is 2.74. The fourth-order valence-electron chi connectivity index (χ4n) is 2.49. The highest BCUT2D eigenvalue weighted by Gasteiger charge is 2.09. The molecule has 0 radical (unpaired) electrons. The summed E-state index contributed by atoms with van der Waals surface area (Å²) >= 11 is 0. The lowest BCUT2D eigenvalue weighted by Gasteiger charge is -2.06. The van der Waals surface area contributed by atoms with Crippen LogP contribution in [-0.4, -0.2) is 9.49 Å². The quantitative estimate of drug-likeness (QED) is 0.538. The van der Waals surface area contributed by atoms with E-state index in [9.17, 15) is 14.5 Å². The number of fused-ring (bicyclic) bond motifs is 1. The van der Waals surface area contributed by atoms with Crippen molar-refractivity contribution >= 4 is 17.0 Å². The van der Waals surface area contributed by atoms with Gasteiger partial charge in [0.15, 0.2) is 0 Å². The Bertz CT molecular complexity index is 868. The number of aromatic nitrogens is 1. The molecule has 0 aliphatic rings. The Morgan fingerprint density at radius 2 is 1.86 bits per heavy atom. The van der Waals surface area contributed by atoms with Gasteiger partial charge in [0.25, 0.3) is 0 Å². The molecular weight excluding hydrogens is 283 g/mol. The zero-order valence-electron chi connectivity index (χ0n) is 11.6. The van der Waals surface area contributed by atoms with Gasteiger partial charge in [-0.3, -0.25) is 10.1 Å². The van der Waals surface area contributed by atoms with E-state index in [1.54, 1.807) is 24.4 Å². The second-order valence-electron chi connectivity index (χ2n) is 4.92. The molecule has 0 saturated heterocycles. The molecule has 0 fully saturated rings. The summed E-state index contributed by atoms with van der Waals surface area (Å²) in [6, 6.07) is 14.2. The minimum Gasteiger partial charge on any atom is -0.342 e. The highest BCUT2D eigenvalue weighted by Crippen LogP contribution is 2.24. The second kappa shape index (κ2) is 5.81. The molecule has 3 aromatic rings. The zero-order chi connectivity index (χ0) is 15.5. The molecule has 1 heterocycles. The van der Waals surface area contributed by atoms with E-state index in [1.807, 2.05) is 28.8 Å². The SMILES string of the molecule is O=[N+]([O-])/C=C\c1cn(Cc2ccccc2F)c2ccccc12. The third-order valence-electron chi connectivity index (χ3n) is 3.49. The molecule has 0 bridgehead atoms. The van der Waals surface area contributed by atoms with Crippen LogP contribution in [-0.2, 0) is 6.54 Å². The average molecular weight is 296 g/mol. The van der Waals surface area contributed by atoms with Gasteiger partial charge in [-0.25, -0.2) is 4.39 Å². The number of nitrogens with zero attached hydrogens (tertiary/aromatic N) is 2. The maximum atomic E-state index is 13.8. The van der Waals surface area contributed by atoms with Crippen molar-refractivity contribution in [2.75, 3.05) is 0 Å². The van der Waals surface area contributed by atoms with E-state index < -0.39 is 4.92 Å². The normalized spacial score (nSPS) is 11.3. The first-order valence-corrected chi connectivity index (χ1v) is 6.78. The van der Waals surface area contributed by atoms with Crippen molar-refractivity contribution in [1.82, 2.24) is 4.57 Å². The van der Waals surface area contributed by atoms with Gasteiger partial charge in [0, 0.05) is 34.3 Å². The van der Waals surface area contributed by atoms with Gasteiger partial charge in [-0.1, -0.05) is 36.4 Å². The fourth-order valence-corrected chi connectivity index (χ4v) is 2.49. The lowest BCUT2D eigenvalue weighted by atomic mass is 10.2. The van der Waals surface area contributed by atoms with Crippen molar-refractivity contribution in [3.05, 3.63) is 88.0 Å². The molecule has 0 spiro atoms. The number of benzene rings is 2. The molecule has 3 rings (SSSR count). The Morgan fingerprint density at radius 1 is 1.14 bits per heavy atom. The van der Waals surface area contributed by atoms with E-state index in [2.05, 4.69) is 0 Å². The standard InChI is InChI=1S/C17H13FN2O2/c18-16-7-3-1-5-14(16)12-19-11-13(9-10-20(21)22)15-6-2-4-8-17(15)19/h1-11H,12H2/b10-9-. The molecule has 22 heavy (non-hydrogen) atoms. The van der Waals surface area contributed by atoms with Crippen LogP contribution in [0.1, 0.15) is 11.1 Å². The van der Waals surface area contributed by atoms with Crippen LogP contribution >= 0.6 is 0 Å². The monoisotopic (exact) mass is 296 g/mol. The second-order valence-corrected chi connectivity index (χ2v) is 4.92. The molecule has 5 heteroatoms. The predicted molar refractivity (Wildman–Crippen MR) is 83.5 cm³/mol. The number of hydrogen-bond donors (Lipinski definition) is 0. The molecule has 0 unspecified atom stereocenters. The summed E-state index contributed by atoms with van der Waals surface area (Å²) in [5, 5.41) is 11.4. The number of rotatable bonds is 4. The van der Waals surface area contributed by atoms with Crippen LogP contribution in [0, 0.1) is 15.9 Å². The van der Waals surface area contributed by atoms with Gasteiger partial charge < -0.3 is 4.57 Å². The van der Waals surface area contributed by atoms with Crippen LogP contribution in [0.15, 0.2) is 60.9 Å². The fraction of sp³-hybridized carbons (Fsp3) is 0.0588. The van der Waals surface area contributed by atoms with Gasteiger partial charge in [0.05, 0.1) is 11.5 Å². The third-order valence-corrected chi connectivity index (χ3v) is 3.49. The smallest absolute Gasteiger partial charge is 0.235 e. The Morgan fingerprint density at radius 3 is 2.64 bits per heavy atom. The Balaban J connectivity index is 2.07. The highest BCUT2D eigenvalue weighted by atomic mass is 19.1. The van der Waals surface area contributed by atoms with Crippen molar-refractivity contribution in [3.63, 3.8) is 0 Å². The largest absolute Gasteiger partial charge is 0.342 e. The lowest BCUT2D eigenvalue weighted by Crippen LogP contribution is -2.00. The lowest BCUT2D eigenvalue weighted by molar-refractivity contribution is -0.400. The predicted octanol–water partition coefficient (Wildman–Crippen LogP) is 4.08. The van der Waals surface area contributed by atoms with Crippen LogP contribution in [0.3, 0.4) is 0 Å². The molecule has 0 N–H and O–H groups in total. The van der Waals surface area contributed by atoms with E-state index in [0.717, 1.165) is 22.7 Å². The molecule has 0 aliphatic heterocycles. The first-order chi connectivity index (χ1) is 10.6. The first-order valence-electron chi connectivity index (χ1n) is 6.78. The summed E-state index contributed by atoms with van der Waals surface area (Å²) in [6.45, 7) is 0.374. The van der Waals surface area contributed by atoms with E-state index in [4.69, 9.17) is 0 Å². The van der Waals surface area contributed by atoms with E-state index >= 15 is 0 Å². The minimum atomic E-state index is -0.497. The van der Waals surface area contributed by atoms with Crippen molar-refractivity contribution in [2.45, 2.75) is 6.54 Å². The van der Waals surface area contributed by atoms with E-state index in [-0.39, 0.29) is 5.82 Å². The molecule has 0 saturated carbocycles. The maximum Gasteiger partial charge on any atom is 0.235 e. The van der Waals surface area contributed by atoms with Crippen LogP contribution in [0.25, 0.3) is 17.0 Å². The van der Waals surface area contributed by atoms with E-state index in [0.29, 0.717) is 12.1 Å². The number of halogens is 1. The molecule has 0 atom stereocenters. The first kappa shape index (κ1) is 14.0. The van der Waals surface area contributed by atoms with E-state index in [1.165, 1.54) is 12.1 Å². The Labute approximate surface area is 126 Å². The van der Waals surface area contributed by atoms with Gasteiger partial charge >= 0.3 is 0 Å². The summed E-state index contributed by atoms with van der Waals surface area (Å²) in [5.41, 5.74) is 2.23. The van der Waals surface area contributed by atoms with Gasteiger partial charge in [-0.2, -0.15) is 0 Å². The maximum absolute atomic E-state index is 13.8. The van der Waals surface area contributed by atoms with Gasteiger partial charge in [0.1, 0.15) is 5.82 Å². The summed E-state index contributed by atoms with van der Waals surface area (Å²) < 4.78 is 15.7. The van der Waals surface area contributed by atoms with Crippen molar-refractivity contribution < 1.29 is 9.31 Å². The molecule has 0 aliphatic carbocycles. The van der Waals surface area contributed by atoms with Crippen LogP contribution < -0.4 is 0 Å². The van der Waals surface area contributed by atoms with Crippen molar-refractivity contribution in [2.24, 2.45) is 0 Å². The minimum absolute atomic E-state index is 0.261. The molecule has 110 valence electrons. The molecule has 2 aromatic carbocycles. The number of hydrogen-bond acceptors (Lipinski definition) is 2. The molecule has 4 nitrogen and oxygen atoms in total. The molecule has 0 amide bonds. The Kier molecular flexibility index (Phi) is 3.70. The topological polar surface area (TPSA) is 48.1 Å². The zero-order valence-corrected chi connectivity index (χ0v) is 11.6. The summed E-state index contributed by atoms with van der Waals surface area (Å²) in [4.78, 5) is 10.0. The summed E-state index contributed by atoms with van der Waals surface area (Å²) in [6.07, 6.45) is 4.17. The van der Waals surface area contributed by atoms with Crippen LogP contribution in [0.5, 0.6) is 0 Å². The van der Waals surface area contributed by atoms with Crippen molar-refractivity contribution in [3.8, 4) is 0 Å². The summed E-state index contributed by atoms with van der Waals surface area (Å²) in [5.74, 6) is -0.261.